The van der Waals surface area contributed by atoms with Crippen LogP contribution in [0.2, 0.25) is 0 Å². The zero-order valence-electron chi connectivity index (χ0n) is 23.6. The van der Waals surface area contributed by atoms with Gasteiger partial charge in [-0.1, -0.05) is 6.07 Å². The molecule has 3 aromatic heterocycles. The summed E-state index contributed by atoms with van der Waals surface area (Å²) in [5.74, 6) is -1.17. The highest BCUT2D eigenvalue weighted by Gasteiger charge is 2.25. The van der Waals surface area contributed by atoms with Crippen molar-refractivity contribution in [2.24, 2.45) is 7.05 Å². The van der Waals surface area contributed by atoms with Gasteiger partial charge in [0.15, 0.2) is 23.1 Å². The number of aromatic nitrogens is 6. The van der Waals surface area contributed by atoms with Gasteiger partial charge < -0.3 is 9.64 Å². The molecule has 10 nitrogen and oxygen atoms in total. The molecule has 0 fully saturated rings. The van der Waals surface area contributed by atoms with E-state index in [1.54, 1.807) is 53.2 Å². The topological polar surface area (TPSA) is 103 Å². The lowest BCUT2D eigenvalue weighted by atomic mass is 10.0. The fraction of sp³-hybridized carbons (Fsp3) is 0.161. The molecule has 0 saturated carbocycles. The first-order valence-electron chi connectivity index (χ1n) is 13.4. The number of nitrogens with zero attached hydrogens (tertiary/aromatic N) is 6. The summed E-state index contributed by atoms with van der Waals surface area (Å²) in [4.78, 5) is 29.1. The lowest BCUT2D eigenvalue weighted by Crippen LogP contribution is -2.23. The van der Waals surface area contributed by atoms with Gasteiger partial charge in [0, 0.05) is 45.3 Å². The molecule has 0 aliphatic rings. The van der Waals surface area contributed by atoms with Gasteiger partial charge in [-0.05, 0) is 60.2 Å². The Labute approximate surface area is 244 Å². The number of halogens is 2. The molecule has 3 aromatic carbocycles. The highest BCUT2D eigenvalue weighted by molar-refractivity contribution is 5.98. The molecule has 6 rings (SSSR count). The first-order valence-corrected chi connectivity index (χ1v) is 13.4. The van der Waals surface area contributed by atoms with Crippen molar-refractivity contribution in [2.75, 3.05) is 19.0 Å². The Kier molecular flexibility index (Phi) is 7.10. The van der Waals surface area contributed by atoms with Crippen LogP contribution in [0.3, 0.4) is 0 Å². The average Bonchev–Trinajstić information content (AvgIpc) is 3.71. The smallest absolute Gasteiger partial charge is 0.282 e. The van der Waals surface area contributed by atoms with Crippen LogP contribution >= 0.6 is 0 Å². The van der Waals surface area contributed by atoms with E-state index in [1.165, 1.54) is 41.1 Å². The normalized spacial score (nSPS) is 11.3. The number of nitrogens with one attached hydrogen (secondary N) is 1. The lowest BCUT2D eigenvalue weighted by Gasteiger charge is -2.18. The van der Waals surface area contributed by atoms with E-state index in [9.17, 15) is 14.0 Å². The maximum Gasteiger partial charge on any atom is 0.282 e. The summed E-state index contributed by atoms with van der Waals surface area (Å²) in [6.07, 6.45) is 4.74. The molecule has 0 amide bonds. The minimum atomic E-state index is -0.657. The van der Waals surface area contributed by atoms with Crippen LogP contribution in [-0.2, 0) is 20.0 Å². The molecule has 0 aliphatic carbocycles. The standard InChI is InChI=1S/C31H27F2N7O3/c1-37(2)25-16-24-20(17-34-36-24)15-29(25)43-28-10-5-19(13-23(28)33)14-27(41)30-26(18-39-12-4-11-35-39)38(3)40(31(30)42)22-8-6-21(32)7-9-22/h4-13,15-17H,14,18H2,1-3H3,(H,34,36). The number of rotatable bonds is 9. The molecule has 0 unspecified atom stereocenters. The van der Waals surface area contributed by atoms with E-state index in [0.717, 1.165) is 16.6 Å². The second kappa shape index (κ2) is 11.0. The number of aromatic amines is 1. The third-order valence-corrected chi connectivity index (χ3v) is 7.19. The van der Waals surface area contributed by atoms with Crippen LogP contribution in [0.4, 0.5) is 14.5 Å². The van der Waals surface area contributed by atoms with E-state index in [4.69, 9.17) is 4.74 Å². The second-order valence-electron chi connectivity index (χ2n) is 10.3. The van der Waals surface area contributed by atoms with E-state index < -0.39 is 23.0 Å². The van der Waals surface area contributed by atoms with Crippen molar-refractivity contribution in [1.29, 1.82) is 0 Å². The predicted octanol–water partition coefficient (Wildman–Crippen LogP) is 4.86. The number of ether oxygens (including phenoxy) is 1. The molecule has 0 spiro atoms. The Morgan fingerprint density at radius 1 is 1.05 bits per heavy atom. The van der Waals surface area contributed by atoms with Crippen molar-refractivity contribution in [3.8, 4) is 17.2 Å². The largest absolute Gasteiger partial charge is 0.452 e. The van der Waals surface area contributed by atoms with Gasteiger partial charge in [-0.25, -0.2) is 13.5 Å². The summed E-state index contributed by atoms with van der Waals surface area (Å²) < 4.78 is 39.3. The first-order chi connectivity index (χ1) is 20.7. The van der Waals surface area contributed by atoms with E-state index in [-0.39, 0.29) is 24.3 Å². The molecule has 0 atom stereocenters. The van der Waals surface area contributed by atoms with Gasteiger partial charge in [0.1, 0.15) is 11.4 Å². The summed E-state index contributed by atoms with van der Waals surface area (Å²) in [5, 5.41) is 12.0. The minimum Gasteiger partial charge on any atom is -0.452 e. The van der Waals surface area contributed by atoms with Crippen LogP contribution in [0, 0.1) is 11.6 Å². The third kappa shape index (κ3) is 5.30. The molecule has 0 radical (unpaired) electrons. The third-order valence-electron chi connectivity index (χ3n) is 7.19. The van der Waals surface area contributed by atoms with Crippen LogP contribution in [0.5, 0.6) is 11.5 Å². The summed E-state index contributed by atoms with van der Waals surface area (Å²) in [6.45, 7) is 0.143. The predicted molar refractivity (Wildman–Crippen MR) is 157 cm³/mol. The van der Waals surface area contributed by atoms with Gasteiger partial charge >= 0.3 is 0 Å². The van der Waals surface area contributed by atoms with E-state index in [2.05, 4.69) is 15.3 Å². The van der Waals surface area contributed by atoms with Crippen LogP contribution in [0.1, 0.15) is 21.6 Å². The van der Waals surface area contributed by atoms with Crippen molar-refractivity contribution >= 4 is 22.4 Å². The summed E-state index contributed by atoms with van der Waals surface area (Å²) in [5.41, 5.74) is 2.11. The lowest BCUT2D eigenvalue weighted by molar-refractivity contribution is 0.0990. The monoisotopic (exact) mass is 583 g/mol. The van der Waals surface area contributed by atoms with Gasteiger partial charge in [0.05, 0.1) is 35.3 Å². The first kappa shape index (κ1) is 27.6. The zero-order valence-corrected chi connectivity index (χ0v) is 23.6. The number of anilines is 1. The van der Waals surface area contributed by atoms with Gasteiger partial charge in [-0.2, -0.15) is 10.2 Å². The van der Waals surface area contributed by atoms with Crippen molar-refractivity contribution < 1.29 is 18.3 Å². The van der Waals surface area contributed by atoms with Gasteiger partial charge in [-0.3, -0.25) is 24.1 Å². The molecule has 3 heterocycles. The quantitative estimate of drug-likeness (QED) is 0.244. The highest BCUT2D eigenvalue weighted by Crippen LogP contribution is 2.36. The summed E-state index contributed by atoms with van der Waals surface area (Å²) >= 11 is 0. The number of carbonyl (C=O) groups is 1. The number of carbonyl (C=O) groups excluding carboxylic acids is 1. The second-order valence-corrected chi connectivity index (χ2v) is 10.3. The molecule has 6 aromatic rings. The number of hydrogen-bond donors (Lipinski definition) is 1. The van der Waals surface area contributed by atoms with Crippen molar-refractivity contribution in [3.05, 3.63) is 118 Å². The van der Waals surface area contributed by atoms with E-state index in [1.807, 2.05) is 25.1 Å². The molecule has 12 heteroatoms. The molecular formula is C31H27F2N7O3. The number of H-pyrrole nitrogens is 1. The van der Waals surface area contributed by atoms with E-state index >= 15 is 4.39 Å². The van der Waals surface area contributed by atoms with Crippen molar-refractivity contribution in [3.63, 3.8) is 0 Å². The van der Waals surface area contributed by atoms with Crippen molar-refractivity contribution in [1.82, 2.24) is 29.3 Å². The summed E-state index contributed by atoms with van der Waals surface area (Å²) in [6, 6.07) is 15.1. The number of fused-ring (bicyclic) bond motifs is 1. The fourth-order valence-electron chi connectivity index (χ4n) is 5.05. The molecule has 0 bridgehead atoms. The molecule has 0 saturated heterocycles. The molecule has 0 aliphatic heterocycles. The van der Waals surface area contributed by atoms with Crippen LogP contribution < -0.4 is 15.2 Å². The highest BCUT2D eigenvalue weighted by atomic mass is 19.1. The molecule has 43 heavy (non-hydrogen) atoms. The van der Waals surface area contributed by atoms with E-state index in [0.29, 0.717) is 22.7 Å². The zero-order chi connectivity index (χ0) is 30.2. The Hall–Kier alpha value is -5.52. The summed E-state index contributed by atoms with van der Waals surface area (Å²) in [7, 11) is 5.35. The van der Waals surface area contributed by atoms with Gasteiger partial charge in [0.25, 0.3) is 5.56 Å². The van der Waals surface area contributed by atoms with Crippen LogP contribution in [-0.4, -0.2) is 49.2 Å². The number of ketones is 1. The maximum absolute atomic E-state index is 15.3. The molecule has 1 N–H and O–H groups in total. The molecular weight excluding hydrogens is 556 g/mol. The minimum absolute atomic E-state index is 0.0140. The average molecular weight is 584 g/mol. The Morgan fingerprint density at radius 2 is 1.84 bits per heavy atom. The molecule has 218 valence electrons. The number of hydrogen-bond acceptors (Lipinski definition) is 6. The van der Waals surface area contributed by atoms with Crippen molar-refractivity contribution in [2.45, 2.75) is 13.0 Å². The van der Waals surface area contributed by atoms with Gasteiger partial charge in [-0.15, -0.1) is 0 Å². The number of benzene rings is 3. The maximum atomic E-state index is 15.3. The fourth-order valence-corrected chi connectivity index (χ4v) is 5.05. The SMILES string of the molecule is CN(C)c1cc2[nH]ncc2cc1Oc1ccc(CC(=O)c2c(Cn3cccn3)n(C)n(-c3ccc(F)cc3)c2=O)cc1F. The van der Waals surface area contributed by atoms with Gasteiger partial charge in [0.2, 0.25) is 0 Å². The van der Waals surface area contributed by atoms with Crippen LogP contribution in [0.15, 0.2) is 84.0 Å². The number of Topliss-reactive ketones (excluding diaryl/α,β-unsaturated/α-hetero) is 1. The van der Waals surface area contributed by atoms with Crippen LogP contribution in [0.25, 0.3) is 16.6 Å². The Bertz CT molecular complexity index is 2010. The Morgan fingerprint density at radius 3 is 2.53 bits per heavy atom. The Balaban J connectivity index is 1.31.